The van der Waals surface area contributed by atoms with Gasteiger partial charge in [-0.15, -0.1) is 11.6 Å². The second-order valence-corrected chi connectivity index (χ2v) is 7.93. The fraction of sp³-hybridized carbons (Fsp3) is 0.786. The van der Waals surface area contributed by atoms with Crippen molar-refractivity contribution in [3.8, 4) is 0 Å². The van der Waals surface area contributed by atoms with Crippen LogP contribution < -0.4 is 5.32 Å². The number of nitrogens with one attached hydrogen (secondary N) is 1. The second-order valence-electron chi connectivity index (χ2n) is 5.89. The molecule has 2 amide bonds. The molecule has 4 nitrogen and oxygen atoms in total. The van der Waals surface area contributed by atoms with Gasteiger partial charge in [0.2, 0.25) is 11.8 Å². The van der Waals surface area contributed by atoms with Crippen LogP contribution in [0.1, 0.15) is 33.1 Å². The smallest absolute Gasteiger partial charge is 0.233 e. The SMILES string of the molecule is CC(C)[C@H]1CSC(=S)N1C(=O)[C@H](CCCl)[C@@H]1CCC(=O)N1. The molecule has 1 N–H and O–H groups in total. The molecule has 21 heavy (non-hydrogen) atoms. The monoisotopic (exact) mass is 348 g/mol. The molecule has 118 valence electrons. The summed E-state index contributed by atoms with van der Waals surface area (Å²) in [5.41, 5.74) is 0. The van der Waals surface area contributed by atoms with Gasteiger partial charge in [-0.05, 0) is 18.8 Å². The first-order valence-electron chi connectivity index (χ1n) is 7.30. The van der Waals surface area contributed by atoms with Crippen molar-refractivity contribution < 1.29 is 9.59 Å². The minimum atomic E-state index is -0.271. The van der Waals surface area contributed by atoms with Crippen molar-refractivity contribution in [1.82, 2.24) is 10.2 Å². The van der Waals surface area contributed by atoms with Gasteiger partial charge in [0.15, 0.2) is 0 Å². The van der Waals surface area contributed by atoms with Gasteiger partial charge in [-0.25, -0.2) is 0 Å². The molecule has 2 aliphatic heterocycles. The largest absolute Gasteiger partial charge is 0.353 e. The zero-order valence-corrected chi connectivity index (χ0v) is 14.7. The van der Waals surface area contributed by atoms with E-state index in [1.807, 2.05) is 0 Å². The predicted octanol–water partition coefficient (Wildman–Crippen LogP) is 2.40. The first-order valence-corrected chi connectivity index (χ1v) is 9.23. The average molecular weight is 349 g/mol. The molecular formula is C14H21ClN2O2S2. The highest BCUT2D eigenvalue weighted by atomic mass is 35.5. The fourth-order valence-corrected chi connectivity index (χ4v) is 4.79. The summed E-state index contributed by atoms with van der Waals surface area (Å²) in [6, 6.07) is 0.0369. The summed E-state index contributed by atoms with van der Waals surface area (Å²) in [5.74, 6) is 1.39. The standard InChI is InChI=1S/C14H21ClN2O2S2/c1-8(2)11-7-21-14(20)17(11)13(19)9(5-6-15)10-3-4-12(18)16-10/h8-11H,3-7H2,1-2H3,(H,16,18)/t9-,10+,11-/m1/s1. The Morgan fingerprint density at radius 3 is 2.81 bits per heavy atom. The summed E-state index contributed by atoms with van der Waals surface area (Å²) in [7, 11) is 0. The van der Waals surface area contributed by atoms with E-state index in [0.29, 0.717) is 35.4 Å². The summed E-state index contributed by atoms with van der Waals surface area (Å²) in [6.07, 6.45) is 1.76. The first-order chi connectivity index (χ1) is 9.95. The number of carbonyl (C=O) groups excluding carboxylic acids is 2. The average Bonchev–Trinajstić information content (AvgIpc) is 3.01. The second kappa shape index (κ2) is 7.29. The van der Waals surface area contributed by atoms with Gasteiger partial charge < -0.3 is 5.32 Å². The highest BCUT2D eigenvalue weighted by molar-refractivity contribution is 8.23. The number of hydrogen-bond donors (Lipinski definition) is 1. The Labute approximate surface area is 140 Å². The molecule has 0 aromatic heterocycles. The van der Waals surface area contributed by atoms with E-state index in [2.05, 4.69) is 19.2 Å². The number of thioether (sulfide) groups is 1. The zero-order chi connectivity index (χ0) is 15.6. The number of alkyl halides is 1. The molecule has 0 radical (unpaired) electrons. The number of nitrogens with zero attached hydrogens (tertiary/aromatic N) is 1. The van der Waals surface area contributed by atoms with E-state index in [1.54, 1.807) is 16.7 Å². The van der Waals surface area contributed by atoms with Crippen LogP contribution in [0.25, 0.3) is 0 Å². The summed E-state index contributed by atoms with van der Waals surface area (Å²) < 4.78 is 0.655. The molecule has 2 aliphatic rings. The van der Waals surface area contributed by atoms with Crippen LogP contribution in [-0.2, 0) is 9.59 Å². The van der Waals surface area contributed by atoms with E-state index in [4.69, 9.17) is 23.8 Å². The molecule has 3 atom stereocenters. The lowest BCUT2D eigenvalue weighted by atomic mass is 9.92. The summed E-state index contributed by atoms with van der Waals surface area (Å²) in [4.78, 5) is 26.2. The van der Waals surface area contributed by atoms with Crippen LogP contribution in [-0.4, -0.2) is 44.8 Å². The zero-order valence-electron chi connectivity index (χ0n) is 12.3. The van der Waals surface area contributed by atoms with Crippen LogP contribution in [0.2, 0.25) is 0 Å². The molecule has 0 aliphatic carbocycles. The van der Waals surface area contributed by atoms with E-state index in [0.717, 1.165) is 5.75 Å². The molecular weight excluding hydrogens is 328 g/mol. The predicted molar refractivity (Wildman–Crippen MR) is 90.5 cm³/mol. The van der Waals surface area contributed by atoms with Gasteiger partial charge >= 0.3 is 0 Å². The Kier molecular flexibility index (Phi) is 5.91. The Morgan fingerprint density at radius 1 is 1.57 bits per heavy atom. The Morgan fingerprint density at radius 2 is 2.29 bits per heavy atom. The highest BCUT2D eigenvalue weighted by Gasteiger charge is 2.42. The van der Waals surface area contributed by atoms with Crippen molar-refractivity contribution in [3.05, 3.63) is 0 Å². The van der Waals surface area contributed by atoms with Gasteiger partial charge in [0, 0.05) is 30.1 Å². The summed E-state index contributed by atoms with van der Waals surface area (Å²) in [6.45, 7) is 4.21. The lowest BCUT2D eigenvalue weighted by Crippen LogP contribution is -2.49. The van der Waals surface area contributed by atoms with Gasteiger partial charge in [-0.1, -0.05) is 37.8 Å². The van der Waals surface area contributed by atoms with E-state index in [-0.39, 0.29) is 29.8 Å². The third-order valence-electron chi connectivity index (χ3n) is 4.16. The number of amides is 2. The molecule has 2 saturated heterocycles. The molecule has 0 aromatic carbocycles. The molecule has 0 spiro atoms. The van der Waals surface area contributed by atoms with Gasteiger partial charge in [-0.2, -0.15) is 0 Å². The number of carbonyl (C=O) groups is 2. The van der Waals surface area contributed by atoms with Crippen LogP contribution in [0, 0.1) is 11.8 Å². The van der Waals surface area contributed by atoms with Gasteiger partial charge in [0.25, 0.3) is 0 Å². The first kappa shape index (κ1) is 17.0. The van der Waals surface area contributed by atoms with E-state index < -0.39 is 0 Å². The van der Waals surface area contributed by atoms with Crippen molar-refractivity contribution in [2.24, 2.45) is 11.8 Å². The molecule has 0 saturated carbocycles. The molecule has 2 rings (SSSR count). The maximum Gasteiger partial charge on any atom is 0.233 e. The lowest BCUT2D eigenvalue weighted by molar-refractivity contribution is -0.134. The minimum absolute atomic E-state index is 0.0196. The molecule has 0 aromatic rings. The van der Waals surface area contributed by atoms with E-state index in [1.165, 1.54) is 0 Å². The van der Waals surface area contributed by atoms with Crippen molar-refractivity contribution in [2.45, 2.75) is 45.2 Å². The van der Waals surface area contributed by atoms with Gasteiger partial charge in [-0.3, -0.25) is 14.5 Å². The topological polar surface area (TPSA) is 49.4 Å². The van der Waals surface area contributed by atoms with Crippen molar-refractivity contribution in [3.63, 3.8) is 0 Å². The van der Waals surface area contributed by atoms with Crippen LogP contribution in [0.15, 0.2) is 0 Å². The van der Waals surface area contributed by atoms with Gasteiger partial charge in [0.1, 0.15) is 4.32 Å². The van der Waals surface area contributed by atoms with E-state index >= 15 is 0 Å². The van der Waals surface area contributed by atoms with E-state index in [9.17, 15) is 9.59 Å². The van der Waals surface area contributed by atoms with Gasteiger partial charge in [0.05, 0.1) is 5.92 Å². The quantitative estimate of drug-likeness (QED) is 0.612. The minimum Gasteiger partial charge on any atom is -0.353 e. The molecule has 0 bridgehead atoms. The van der Waals surface area contributed by atoms with Crippen molar-refractivity contribution in [2.75, 3.05) is 11.6 Å². The van der Waals surface area contributed by atoms with Crippen LogP contribution in [0.3, 0.4) is 0 Å². The summed E-state index contributed by atoms with van der Waals surface area (Å²) in [5, 5.41) is 2.91. The number of thiocarbonyl (C=S) groups is 1. The highest BCUT2D eigenvalue weighted by Crippen LogP contribution is 2.32. The Bertz CT molecular complexity index is 445. The van der Waals surface area contributed by atoms with Crippen molar-refractivity contribution >= 4 is 51.7 Å². The number of halogens is 1. The molecule has 0 unspecified atom stereocenters. The van der Waals surface area contributed by atoms with Crippen LogP contribution >= 0.6 is 35.6 Å². The molecule has 2 heterocycles. The third kappa shape index (κ3) is 3.71. The molecule has 2 fully saturated rings. The summed E-state index contributed by atoms with van der Waals surface area (Å²) >= 11 is 12.8. The lowest BCUT2D eigenvalue weighted by Gasteiger charge is -2.32. The molecule has 7 heteroatoms. The Balaban J connectivity index is 2.17. The normalized spacial score (nSPS) is 27.3. The van der Waals surface area contributed by atoms with Crippen molar-refractivity contribution in [1.29, 1.82) is 0 Å². The third-order valence-corrected chi connectivity index (χ3v) is 5.88. The maximum absolute atomic E-state index is 13.0. The van der Waals surface area contributed by atoms with Crippen LogP contribution in [0.5, 0.6) is 0 Å². The fourth-order valence-electron chi connectivity index (χ4n) is 2.91. The number of hydrogen-bond acceptors (Lipinski definition) is 4. The van der Waals surface area contributed by atoms with Crippen LogP contribution in [0.4, 0.5) is 0 Å². The maximum atomic E-state index is 13.0. The Hall–Kier alpha value is -0.330. The number of rotatable bonds is 5.